The minimum atomic E-state index is -0.140. The van der Waals surface area contributed by atoms with Crippen molar-refractivity contribution >= 4 is 0 Å². The summed E-state index contributed by atoms with van der Waals surface area (Å²) in [7, 11) is 0. The van der Waals surface area contributed by atoms with Gasteiger partial charge in [0.15, 0.2) is 0 Å². The number of aliphatic hydroxyl groups excluding tert-OH is 1. The number of piperidine rings is 1. The van der Waals surface area contributed by atoms with Gasteiger partial charge in [-0.2, -0.15) is 0 Å². The smallest absolute Gasteiger partial charge is 0.126 e. The van der Waals surface area contributed by atoms with Crippen LogP contribution in [0.4, 0.5) is 4.39 Å². The topological polar surface area (TPSA) is 23.5 Å². The summed E-state index contributed by atoms with van der Waals surface area (Å²) in [6.45, 7) is 6.08. The van der Waals surface area contributed by atoms with Gasteiger partial charge in [0.2, 0.25) is 0 Å². The molecule has 2 atom stereocenters. The molecule has 2 rings (SSSR count). The summed E-state index contributed by atoms with van der Waals surface area (Å²) in [5, 5.41) is 9.27. The summed E-state index contributed by atoms with van der Waals surface area (Å²) in [4.78, 5) is 2.39. The number of likely N-dealkylation sites (tertiary alicyclic amines) is 1. The molecule has 1 saturated heterocycles. The average molecular weight is 251 g/mol. The van der Waals surface area contributed by atoms with E-state index < -0.39 is 0 Å². The molecule has 2 nitrogen and oxygen atoms in total. The molecule has 0 aromatic heterocycles. The van der Waals surface area contributed by atoms with Gasteiger partial charge in [-0.15, -0.1) is 0 Å². The first-order chi connectivity index (χ1) is 8.60. The van der Waals surface area contributed by atoms with E-state index in [1.54, 1.807) is 13.0 Å². The summed E-state index contributed by atoms with van der Waals surface area (Å²) in [6.07, 6.45) is 2.24. The first-order valence-electron chi connectivity index (χ1n) is 6.70. The Morgan fingerprint density at radius 1 is 1.39 bits per heavy atom. The largest absolute Gasteiger partial charge is 0.396 e. The monoisotopic (exact) mass is 251 g/mol. The van der Waals surface area contributed by atoms with Crippen LogP contribution in [0.1, 0.15) is 30.9 Å². The molecule has 1 aromatic carbocycles. The molecule has 0 radical (unpaired) electrons. The van der Waals surface area contributed by atoms with Gasteiger partial charge in [-0.3, -0.25) is 4.90 Å². The number of nitrogens with zero attached hydrogens (tertiary/aromatic N) is 1. The predicted octanol–water partition coefficient (Wildman–Crippen LogP) is 2.73. The fourth-order valence-corrected chi connectivity index (χ4v) is 2.67. The zero-order chi connectivity index (χ0) is 13.1. The lowest BCUT2D eigenvalue weighted by atomic mass is 9.93. The van der Waals surface area contributed by atoms with Crippen LogP contribution in [0.3, 0.4) is 0 Å². The molecule has 0 amide bonds. The van der Waals surface area contributed by atoms with Crippen molar-refractivity contribution in [3.8, 4) is 0 Å². The van der Waals surface area contributed by atoms with E-state index in [9.17, 15) is 9.50 Å². The first-order valence-corrected chi connectivity index (χ1v) is 6.70. The lowest BCUT2D eigenvalue weighted by molar-refractivity contribution is 0.0771. The minimum Gasteiger partial charge on any atom is -0.396 e. The maximum Gasteiger partial charge on any atom is 0.126 e. The van der Waals surface area contributed by atoms with E-state index in [2.05, 4.69) is 11.8 Å². The molecule has 18 heavy (non-hydrogen) atoms. The minimum absolute atomic E-state index is 0.140. The van der Waals surface area contributed by atoms with Crippen molar-refractivity contribution < 1.29 is 9.50 Å². The Kier molecular flexibility index (Phi) is 4.36. The summed E-state index contributed by atoms with van der Waals surface area (Å²) >= 11 is 0. The molecule has 0 spiro atoms. The Hall–Kier alpha value is -0.930. The van der Waals surface area contributed by atoms with Gasteiger partial charge in [-0.25, -0.2) is 4.39 Å². The van der Waals surface area contributed by atoms with E-state index in [1.165, 1.54) is 0 Å². The number of rotatable bonds is 3. The summed E-state index contributed by atoms with van der Waals surface area (Å²) in [5.41, 5.74) is 1.86. The fraction of sp³-hybridized carbons (Fsp3) is 0.600. The maximum atomic E-state index is 13.2. The standard InChI is InChI=1S/C15H22FNO/c1-11-7-13(5-6-15(11)16)8-17-9-14(10-18)4-3-12(17)2/h5-7,12,14,18H,3-4,8-10H2,1-2H3. The van der Waals surface area contributed by atoms with E-state index in [1.807, 2.05) is 12.1 Å². The number of hydrogen-bond acceptors (Lipinski definition) is 2. The van der Waals surface area contributed by atoms with Crippen LogP contribution >= 0.6 is 0 Å². The van der Waals surface area contributed by atoms with Crippen molar-refractivity contribution in [1.82, 2.24) is 4.90 Å². The van der Waals surface area contributed by atoms with Gasteiger partial charge in [0, 0.05) is 25.7 Å². The summed E-state index contributed by atoms with van der Waals surface area (Å²) in [6, 6.07) is 5.86. The molecule has 1 aliphatic rings. The maximum absolute atomic E-state index is 13.2. The van der Waals surface area contributed by atoms with Crippen LogP contribution in [0, 0.1) is 18.7 Å². The zero-order valence-corrected chi connectivity index (χ0v) is 11.2. The Balaban J connectivity index is 2.04. The van der Waals surface area contributed by atoms with Gasteiger partial charge < -0.3 is 5.11 Å². The molecule has 1 fully saturated rings. The molecule has 3 heteroatoms. The van der Waals surface area contributed by atoms with Crippen molar-refractivity contribution in [2.75, 3.05) is 13.2 Å². The third kappa shape index (κ3) is 3.09. The van der Waals surface area contributed by atoms with Gasteiger partial charge in [0.1, 0.15) is 5.82 Å². The van der Waals surface area contributed by atoms with E-state index in [-0.39, 0.29) is 12.4 Å². The summed E-state index contributed by atoms with van der Waals surface area (Å²) in [5.74, 6) is 0.251. The number of hydrogen-bond donors (Lipinski definition) is 1. The highest BCUT2D eigenvalue weighted by Crippen LogP contribution is 2.23. The number of halogens is 1. The fourth-order valence-electron chi connectivity index (χ4n) is 2.67. The highest BCUT2D eigenvalue weighted by molar-refractivity contribution is 5.24. The van der Waals surface area contributed by atoms with Gasteiger partial charge in [0.25, 0.3) is 0 Å². The Morgan fingerprint density at radius 3 is 2.83 bits per heavy atom. The SMILES string of the molecule is Cc1cc(CN2CC(CO)CCC2C)ccc1F. The third-order valence-electron chi connectivity index (χ3n) is 3.97. The highest BCUT2D eigenvalue weighted by atomic mass is 19.1. The predicted molar refractivity (Wildman–Crippen MR) is 70.8 cm³/mol. The second-order valence-corrected chi connectivity index (χ2v) is 5.49. The van der Waals surface area contributed by atoms with Crippen LogP contribution in [0.15, 0.2) is 18.2 Å². The van der Waals surface area contributed by atoms with Crippen LogP contribution in [0.5, 0.6) is 0 Å². The molecule has 0 bridgehead atoms. The molecular weight excluding hydrogens is 229 g/mol. The van der Waals surface area contributed by atoms with E-state index in [0.29, 0.717) is 17.5 Å². The molecule has 0 saturated carbocycles. The molecule has 1 aromatic rings. The normalized spacial score (nSPS) is 25.3. The molecule has 1 N–H and O–H groups in total. The Morgan fingerprint density at radius 2 is 2.17 bits per heavy atom. The second kappa shape index (κ2) is 5.81. The quantitative estimate of drug-likeness (QED) is 0.893. The van der Waals surface area contributed by atoms with Gasteiger partial charge in [-0.05, 0) is 49.8 Å². The lowest BCUT2D eigenvalue weighted by Gasteiger charge is -2.37. The number of aryl methyl sites for hydroxylation is 1. The van der Waals surface area contributed by atoms with Crippen molar-refractivity contribution in [2.45, 2.75) is 39.3 Å². The van der Waals surface area contributed by atoms with E-state index >= 15 is 0 Å². The average Bonchev–Trinajstić information content (AvgIpc) is 2.36. The first kappa shape index (κ1) is 13.5. The number of benzene rings is 1. The molecule has 1 aliphatic heterocycles. The Bertz CT molecular complexity index is 407. The Labute approximate surface area is 108 Å². The lowest BCUT2D eigenvalue weighted by Crippen LogP contribution is -2.42. The van der Waals surface area contributed by atoms with Crippen LogP contribution in [0.2, 0.25) is 0 Å². The van der Waals surface area contributed by atoms with Crippen molar-refractivity contribution in [2.24, 2.45) is 5.92 Å². The molecular formula is C15H22FNO. The molecule has 0 aliphatic carbocycles. The van der Waals surface area contributed by atoms with Crippen LogP contribution in [-0.2, 0) is 6.54 Å². The zero-order valence-electron chi connectivity index (χ0n) is 11.2. The van der Waals surface area contributed by atoms with Gasteiger partial charge >= 0.3 is 0 Å². The molecule has 2 unspecified atom stereocenters. The van der Waals surface area contributed by atoms with Crippen LogP contribution in [-0.4, -0.2) is 29.2 Å². The van der Waals surface area contributed by atoms with Crippen molar-refractivity contribution in [1.29, 1.82) is 0 Å². The van der Waals surface area contributed by atoms with Crippen LogP contribution < -0.4 is 0 Å². The molecule has 1 heterocycles. The van der Waals surface area contributed by atoms with Crippen molar-refractivity contribution in [3.05, 3.63) is 35.1 Å². The van der Waals surface area contributed by atoms with Gasteiger partial charge in [-0.1, -0.05) is 12.1 Å². The van der Waals surface area contributed by atoms with Gasteiger partial charge in [0.05, 0.1) is 0 Å². The van der Waals surface area contributed by atoms with E-state index in [4.69, 9.17) is 0 Å². The van der Waals surface area contributed by atoms with Crippen LogP contribution in [0.25, 0.3) is 0 Å². The van der Waals surface area contributed by atoms with E-state index in [0.717, 1.165) is 31.5 Å². The second-order valence-electron chi connectivity index (χ2n) is 5.49. The van der Waals surface area contributed by atoms with Crippen molar-refractivity contribution in [3.63, 3.8) is 0 Å². The highest BCUT2D eigenvalue weighted by Gasteiger charge is 2.24. The molecule has 100 valence electrons. The number of aliphatic hydroxyl groups is 1. The third-order valence-corrected chi connectivity index (χ3v) is 3.97. The summed E-state index contributed by atoms with van der Waals surface area (Å²) < 4.78 is 13.2.